The highest BCUT2D eigenvalue weighted by molar-refractivity contribution is 6.11. The number of ether oxygens (including phenoxy) is 1. The first kappa shape index (κ1) is 12.3. The number of rotatable bonds is 1. The van der Waals surface area contributed by atoms with Crippen LogP contribution in [0.3, 0.4) is 0 Å². The van der Waals surface area contributed by atoms with Crippen LogP contribution in [0.25, 0.3) is 0 Å². The van der Waals surface area contributed by atoms with E-state index in [1.165, 1.54) is 0 Å². The molecule has 1 aliphatic carbocycles. The molecule has 1 fully saturated rings. The second kappa shape index (κ2) is 4.55. The molecule has 3 heteroatoms. The minimum absolute atomic E-state index is 0.0385. The highest BCUT2D eigenvalue weighted by Crippen LogP contribution is 2.46. The number of hydrogen-bond donors (Lipinski definition) is 0. The van der Waals surface area contributed by atoms with Crippen molar-refractivity contribution in [3.63, 3.8) is 0 Å². The van der Waals surface area contributed by atoms with Crippen LogP contribution in [0.5, 0.6) is 0 Å². The van der Waals surface area contributed by atoms with Crippen LogP contribution in [0.15, 0.2) is 54.6 Å². The summed E-state index contributed by atoms with van der Waals surface area (Å²) in [6.07, 6.45) is 0. The molecule has 3 nitrogen and oxygen atoms in total. The van der Waals surface area contributed by atoms with Gasteiger partial charge in [0.25, 0.3) is 0 Å². The van der Waals surface area contributed by atoms with E-state index in [1.54, 1.807) is 0 Å². The van der Waals surface area contributed by atoms with Crippen molar-refractivity contribution in [2.24, 2.45) is 11.8 Å². The van der Waals surface area contributed by atoms with E-state index in [-0.39, 0.29) is 23.6 Å². The smallest absolute Gasteiger partial charge is 0.317 e. The van der Waals surface area contributed by atoms with E-state index in [0.717, 1.165) is 11.1 Å². The Labute approximate surface area is 122 Å². The minimum atomic E-state index is -0.648. The van der Waals surface area contributed by atoms with E-state index in [1.807, 2.05) is 42.5 Å². The van der Waals surface area contributed by atoms with Crippen molar-refractivity contribution in [1.82, 2.24) is 0 Å². The lowest BCUT2D eigenvalue weighted by Gasteiger charge is -2.32. The largest absolute Gasteiger partial charge is 0.465 e. The van der Waals surface area contributed by atoms with Crippen molar-refractivity contribution >= 4 is 11.8 Å². The van der Waals surface area contributed by atoms with Crippen molar-refractivity contribution < 1.29 is 14.3 Å². The van der Waals surface area contributed by atoms with Crippen LogP contribution in [-0.2, 0) is 9.53 Å². The summed E-state index contributed by atoms with van der Waals surface area (Å²) in [5, 5.41) is 0. The maximum absolute atomic E-state index is 12.6. The van der Waals surface area contributed by atoms with E-state index in [2.05, 4.69) is 12.1 Å². The Hall–Kier alpha value is -2.42. The van der Waals surface area contributed by atoms with Gasteiger partial charge in [0.2, 0.25) is 0 Å². The lowest BCUT2D eigenvalue weighted by molar-refractivity contribution is -0.140. The molecule has 0 aromatic heterocycles. The number of carbonyl (C=O) groups is 2. The van der Waals surface area contributed by atoms with Crippen LogP contribution < -0.4 is 0 Å². The van der Waals surface area contributed by atoms with Crippen LogP contribution in [0.4, 0.5) is 0 Å². The zero-order chi connectivity index (χ0) is 14.4. The Morgan fingerprint density at radius 2 is 1.57 bits per heavy atom. The summed E-state index contributed by atoms with van der Waals surface area (Å²) in [7, 11) is 0. The molecule has 0 unspecified atom stereocenters. The Morgan fingerprint density at radius 3 is 2.38 bits per heavy atom. The van der Waals surface area contributed by atoms with Gasteiger partial charge in [0.15, 0.2) is 5.78 Å². The molecule has 0 spiro atoms. The van der Waals surface area contributed by atoms with E-state index < -0.39 is 5.92 Å². The van der Waals surface area contributed by atoms with Gasteiger partial charge in [-0.25, -0.2) is 0 Å². The van der Waals surface area contributed by atoms with E-state index in [0.29, 0.717) is 12.2 Å². The normalized spacial score (nSPS) is 27.0. The summed E-state index contributed by atoms with van der Waals surface area (Å²) in [6, 6.07) is 17.6. The number of hydrogen-bond acceptors (Lipinski definition) is 3. The first-order valence-corrected chi connectivity index (χ1v) is 7.12. The molecule has 2 aliphatic rings. The number of Topliss-reactive ketones (excluding diaryl/α,β-unsaturated/α-hetero) is 1. The molecule has 1 aliphatic heterocycles. The predicted molar refractivity (Wildman–Crippen MR) is 77.0 cm³/mol. The van der Waals surface area contributed by atoms with Gasteiger partial charge in [-0.3, -0.25) is 9.59 Å². The zero-order valence-corrected chi connectivity index (χ0v) is 11.4. The third-order valence-corrected chi connectivity index (χ3v) is 4.53. The van der Waals surface area contributed by atoms with Gasteiger partial charge in [-0.05, 0) is 11.1 Å². The number of carbonyl (C=O) groups excluding carboxylic acids is 2. The van der Waals surface area contributed by atoms with Crippen molar-refractivity contribution in [2.45, 2.75) is 5.92 Å². The Kier molecular flexibility index (Phi) is 2.67. The maximum Gasteiger partial charge on any atom is 0.317 e. The first-order valence-electron chi connectivity index (χ1n) is 7.12. The molecular formula is C18H14O3. The Morgan fingerprint density at radius 1 is 0.857 bits per heavy atom. The summed E-state index contributed by atoms with van der Waals surface area (Å²) in [6.45, 7) is 0.323. The molecule has 1 heterocycles. The second-order valence-electron chi connectivity index (χ2n) is 5.61. The SMILES string of the molecule is O=C1OC[C@H]2[C@@H]1C(=O)c1ccccc1[C@@H]2c1ccccc1. The second-order valence-corrected chi connectivity index (χ2v) is 5.61. The standard InChI is InChI=1S/C18H14O3/c19-17-13-9-5-4-8-12(13)15(11-6-2-1-3-7-11)14-10-21-18(20)16(14)17/h1-9,14-16H,10H2/t14-,15+,16-/m1/s1. The van der Waals surface area contributed by atoms with Gasteiger partial charge in [0, 0.05) is 17.4 Å². The monoisotopic (exact) mass is 278 g/mol. The predicted octanol–water partition coefficient (Wildman–Crippen LogP) is 2.80. The Balaban J connectivity index is 1.94. The molecule has 2 aromatic rings. The third kappa shape index (κ3) is 1.74. The summed E-state index contributed by atoms with van der Waals surface area (Å²) in [5.74, 6) is -1.17. The van der Waals surface area contributed by atoms with Gasteiger partial charge in [0.1, 0.15) is 5.92 Å². The fourth-order valence-corrected chi connectivity index (χ4v) is 3.61. The quantitative estimate of drug-likeness (QED) is 0.595. The lowest BCUT2D eigenvalue weighted by atomic mass is 9.67. The first-order chi connectivity index (χ1) is 10.3. The molecule has 21 heavy (non-hydrogen) atoms. The molecule has 0 radical (unpaired) electrons. The molecule has 0 saturated carbocycles. The van der Waals surface area contributed by atoms with Crippen LogP contribution >= 0.6 is 0 Å². The van der Waals surface area contributed by atoms with Crippen LogP contribution in [-0.4, -0.2) is 18.4 Å². The van der Waals surface area contributed by atoms with Gasteiger partial charge in [-0.1, -0.05) is 54.6 Å². The molecule has 4 rings (SSSR count). The van der Waals surface area contributed by atoms with Gasteiger partial charge < -0.3 is 4.74 Å². The molecule has 3 atom stereocenters. The van der Waals surface area contributed by atoms with Gasteiger partial charge in [-0.15, -0.1) is 0 Å². The average Bonchev–Trinajstić information content (AvgIpc) is 2.91. The van der Waals surface area contributed by atoms with Gasteiger partial charge in [-0.2, -0.15) is 0 Å². The number of ketones is 1. The number of cyclic esters (lactones) is 1. The summed E-state index contributed by atoms with van der Waals surface area (Å²) in [4.78, 5) is 24.5. The van der Waals surface area contributed by atoms with Crippen LogP contribution in [0.1, 0.15) is 27.4 Å². The van der Waals surface area contributed by atoms with Crippen molar-refractivity contribution in [3.05, 3.63) is 71.3 Å². The number of benzene rings is 2. The maximum atomic E-state index is 12.6. The molecule has 0 amide bonds. The molecular weight excluding hydrogens is 264 g/mol. The fourth-order valence-electron chi connectivity index (χ4n) is 3.61. The van der Waals surface area contributed by atoms with Crippen molar-refractivity contribution in [1.29, 1.82) is 0 Å². The van der Waals surface area contributed by atoms with E-state index in [4.69, 9.17) is 4.74 Å². The zero-order valence-electron chi connectivity index (χ0n) is 11.4. The van der Waals surface area contributed by atoms with Gasteiger partial charge in [0.05, 0.1) is 6.61 Å². The molecule has 104 valence electrons. The van der Waals surface area contributed by atoms with E-state index >= 15 is 0 Å². The Bertz CT molecular complexity index is 720. The average molecular weight is 278 g/mol. The minimum Gasteiger partial charge on any atom is -0.465 e. The summed E-state index contributed by atoms with van der Waals surface area (Å²) >= 11 is 0. The highest BCUT2D eigenvalue weighted by atomic mass is 16.5. The van der Waals surface area contributed by atoms with Crippen LogP contribution in [0.2, 0.25) is 0 Å². The topological polar surface area (TPSA) is 43.4 Å². The van der Waals surface area contributed by atoms with Gasteiger partial charge >= 0.3 is 5.97 Å². The molecule has 1 saturated heterocycles. The van der Waals surface area contributed by atoms with Crippen molar-refractivity contribution in [3.8, 4) is 0 Å². The summed E-state index contributed by atoms with van der Waals surface area (Å²) < 4.78 is 5.19. The molecule has 0 N–H and O–H groups in total. The molecule has 2 aromatic carbocycles. The molecule has 0 bridgehead atoms. The third-order valence-electron chi connectivity index (χ3n) is 4.53. The fraction of sp³-hybridized carbons (Fsp3) is 0.222. The lowest BCUT2D eigenvalue weighted by Crippen LogP contribution is -2.36. The number of esters is 1. The van der Waals surface area contributed by atoms with E-state index in [9.17, 15) is 9.59 Å². The van der Waals surface area contributed by atoms with Crippen LogP contribution in [0, 0.1) is 11.8 Å². The highest BCUT2D eigenvalue weighted by Gasteiger charge is 2.51. The van der Waals surface area contributed by atoms with Crippen molar-refractivity contribution in [2.75, 3.05) is 6.61 Å². The summed E-state index contributed by atoms with van der Waals surface area (Å²) in [5.41, 5.74) is 2.80. The number of fused-ring (bicyclic) bond motifs is 2.